The Morgan fingerprint density at radius 2 is 1.71 bits per heavy atom. The van der Waals surface area contributed by atoms with Crippen LogP contribution < -0.4 is 10.6 Å². The number of rotatable bonds is 8. The van der Waals surface area contributed by atoms with Crippen molar-refractivity contribution in [3.05, 3.63) is 58.6 Å². The van der Waals surface area contributed by atoms with Gasteiger partial charge in [0.1, 0.15) is 23.4 Å². The molecule has 2 aromatic carbocycles. The number of alkyl carbamates (subject to hydrolysis) is 1. The Kier molecular flexibility index (Phi) is 9.31. The van der Waals surface area contributed by atoms with Crippen molar-refractivity contribution >= 4 is 35.2 Å². The number of amides is 3. The normalized spacial score (nSPS) is 15.3. The molecule has 0 radical (unpaired) electrons. The first-order valence-electron chi connectivity index (χ1n) is 12.9. The van der Waals surface area contributed by atoms with Gasteiger partial charge in [0, 0.05) is 6.04 Å². The zero-order valence-corrected chi connectivity index (χ0v) is 23.6. The summed E-state index contributed by atoms with van der Waals surface area (Å²) < 4.78 is 5.42. The second-order valence-corrected chi connectivity index (χ2v) is 11.5. The minimum atomic E-state index is -1.02. The summed E-state index contributed by atoms with van der Waals surface area (Å²) in [5.41, 5.74) is 1.05. The van der Waals surface area contributed by atoms with Crippen LogP contribution in [-0.4, -0.2) is 45.6 Å². The van der Waals surface area contributed by atoms with E-state index < -0.39 is 29.7 Å². The lowest BCUT2D eigenvalue weighted by atomic mass is 9.87. The van der Waals surface area contributed by atoms with Crippen LogP contribution in [0.1, 0.15) is 71.0 Å². The van der Waals surface area contributed by atoms with Crippen molar-refractivity contribution in [1.82, 2.24) is 10.2 Å². The zero-order chi connectivity index (χ0) is 28.2. The third kappa shape index (κ3) is 7.19. The Balaban J connectivity index is 2.04. The lowest BCUT2D eigenvalue weighted by Crippen LogP contribution is -2.58. The van der Waals surface area contributed by atoms with Crippen LogP contribution in [0.5, 0.6) is 5.75 Å². The molecule has 0 heterocycles. The molecular weight excluding hydrogens is 506 g/mol. The van der Waals surface area contributed by atoms with Crippen LogP contribution in [0.3, 0.4) is 0 Å². The monoisotopic (exact) mass is 543 g/mol. The maximum atomic E-state index is 14.2. The number of hydrogen-bond acceptors (Lipinski definition) is 5. The number of aromatic hydroxyl groups is 1. The maximum Gasteiger partial charge on any atom is 0.408 e. The molecule has 1 saturated carbocycles. The number of aryl methyl sites for hydroxylation is 1. The van der Waals surface area contributed by atoms with Crippen molar-refractivity contribution < 1.29 is 24.2 Å². The van der Waals surface area contributed by atoms with Crippen LogP contribution in [0.15, 0.2) is 42.5 Å². The summed E-state index contributed by atoms with van der Waals surface area (Å²) >= 11 is 6.40. The van der Waals surface area contributed by atoms with E-state index in [9.17, 15) is 19.5 Å². The highest BCUT2D eigenvalue weighted by Crippen LogP contribution is 2.36. The molecule has 8 nitrogen and oxygen atoms in total. The van der Waals surface area contributed by atoms with Gasteiger partial charge in [-0.2, -0.15) is 0 Å². The van der Waals surface area contributed by atoms with E-state index in [1.54, 1.807) is 49.9 Å². The minimum absolute atomic E-state index is 0.0445. The van der Waals surface area contributed by atoms with Gasteiger partial charge < -0.3 is 25.4 Å². The van der Waals surface area contributed by atoms with Gasteiger partial charge in [0.25, 0.3) is 5.91 Å². The third-order valence-corrected chi connectivity index (χ3v) is 6.85. The summed E-state index contributed by atoms with van der Waals surface area (Å²) in [6.45, 7) is 10.8. The Labute approximate surface area is 229 Å². The maximum absolute atomic E-state index is 14.2. The lowest BCUT2D eigenvalue weighted by molar-refractivity contribution is -0.146. The lowest BCUT2D eigenvalue weighted by Gasteiger charge is -2.44. The first-order valence-corrected chi connectivity index (χ1v) is 13.3. The number of anilines is 1. The second-order valence-electron chi connectivity index (χ2n) is 11.1. The fraction of sp³-hybridized carbons (Fsp3) is 0.483. The standard InChI is InChI=1S/C29H38ClN3O5/c1-17(2)23(32-28(37)38-29(4,5)6)27(36)33(20-10-8-11-20)25(19-13-15-21(34)16-14-19)26(35)31-24-18(3)9-7-12-22(24)30/h7,9,12-17,20,23,25,34H,8,10-11H2,1-6H3,(H,31,35)(H,32,37). The zero-order valence-electron chi connectivity index (χ0n) is 22.9. The van der Waals surface area contributed by atoms with E-state index in [1.807, 2.05) is 26.8 Å². The van der Waals surface area contributed by atoms with Crippen molar-refractivity contribution in [2.24, 2.45) is 5.92 Å². The number of hydrogen-bond donors (Lipinski definition) is 3. The number of nitrogens with one attached hydrogen (secondary N) is 2. The largest absolute Gasteiger partial charge is 0.508 e. The van der Waals surface area contributed by atoms with Gasteiger partial charge in [-0.15, -0.1) is 0 Å². The minimum Gasteiger partial charge on any atom is -0.508 e. The molecule has 0 spiro atoms. The fourth-order valence-electron chi connectivity index (χ4n) is 4.37. The van der Waals surface area contributed by atoms with Gasteiger partial charge >= 0.3 is 6.09 Å². The van der Waals surface area contributed by atoms with Crippen LogP contribution in [0.2, 0.25) is 5.02 Å². The molecule has 0 aromatic heterocycles. The summed E-state index contributed by atoms with van der Waals surface area (Å²) in [5, 5.41) is 15.9. The van der Waals surface area contributed by atoms with Gasteiger partial charge in [0.15, 0.2) is 0 Å². The van der Waals surface area contributed by atoms with Gasteiger partial charge in [0.2, 0.25) is 5.91 Å². The van der Waals surface area contributed by atoms with Gasteiger partial charge in [-0.25, -0.2) is 4.79 Å². The average molecular weight is 544 g/mol. The number of carbonyl (C=O) groups is 3. The second kappa shape index (κ2) is 12.1. The van der Waals surface area contributed by atoms with Gasteiger partial charge in [-0.3, -0.25) is 9.59 Å². The van der Waals surface area contributed by atoms with E-state index >= 15 is 0 Å². The topological polar surface area (TPSA) is 108 Å². The highest BCUT2D eigenvalue weighted by atomic mass is 35.5. The van der Waals surface area contributed by atoms with Crippen molar-refractivity contribution in [1.29, 1.82) is 0 Å². The molecule has 2 unspecified atom stereocenters. The number of halogens is 1. The van der Waals surface area contributed by atoms with E-state index in [0.717, 1.165) is 24.8 Å². The number of phenols is 1. The Morgan fingerprint density at radius 3 is 2.21 bits per heavy atom. The third-order valence-electron chi connectivity index (χ3n) is 6.53. The summed E-state index contributed by atoms with van der Waals surface area (Å²) in [5.74, 6) is -1.04. The molecular formula is C29H38ClN3O5. The van der Waals surface area contributed by atoms with Crippen LogP contribution in [0.25, 0.3) is 0 Å². The first kappa shape index (κ1) is 29.3. The molecule has 1 fully saturated rings. The summed E-state index contributed by atoms with van der Waals surface area (Å²) in [4.78, 5) is 42.4. The van der Waals surface area contributed by atoms with E-state index in [4.69, 9.17) is 16.3 Å². The molecule has 2 atom stereocenters. The molecule has 0 bridgehead atoms. The van der Waals surface area contributed by atoms with Crippen molar-refractivity contribution in [3.63, 3.8) is 0 Å². The fourth-order valence-corrected chi connectivity index (χ4v) is 4.64. The molecule has 9 heteroatoms. The molecule has 0 saturated heterocycles. The van der Waals surface area contributed by atoms with Gasteiger partial charge in [-0.05, 0) is 82.2 Å². The number of phenolic OH excluding ortho intramolecular Hbond substituents is 1. The van der Waals surface area contributed by atoms with Crippen molar-refractivity contribution in [2.45, 2.75) is 84.5 Å². The Morgan fingerprint density at radius 1 is 1.08 bits per heavy atom. The average Bonchev–Trinajstić information content (AvgIpc) is 2.77. The number of ether oxygens (including phenoxy) is 1. The van der Waals surface area contributed by atoms with Gasteiger partial charge in [0.05, 0.1) is 10.7 Å². The molecule has 1 aliphatic rings. The molecule has 3 N–H and O–H groups in total. The van der Waals surface area contributed by atoms with Gasteiger partial charge in [-0.1, -0.05) is 49.7 Å². The highest BCUT2D eigenvalue weighted by molar-refractivity contribution is 6.34. The van der Waals surface area contributed by atoms with E-state index in [2.05, 4.69) is 10.6 Å². The SMILES string of the molecule is Cc1cccc(Cl)c1NC(=O)C(c1ccc(O)cc1)N(C(=O)C(NC(=O)OC(C)(C)C)C(C)C)C1CCC1. The van der Waals surface area contributed by atoms with E-state index in [-0.39, 0.29) is 23.6 Å². The van der Waals surface area contributed by atoms with Crippen LogP contribution >= 0.6 is 11.6 Å². The molecule has 38 heavy (non-hydrogen) atoms. The number of carbonyl (C=O) groups excluding carboxylic acids is 3. The quantitative estimate of drug-likeness (QED) is 0.380. The summed E-state index contributed by atoms with van der Waals surface area (Å²) in [7, 11) is 0. The molecule has 2 aromatic rings. The highest BCUT2D eigenvalue weighted by Gasteiger charge is 2.43. The number of nitrogens with zero attached hydrogens (tertiary/aromatic N) is 1. The summed E-state index contributed by atoms with van der Waals surface area (Å²) in [6, 6.07) is 9.42. The van der Waals surface area contributed by atoms with Crippen LogP contribution in [-0.2, 0) is 14.3 Å². The first-order chi connectivity index (χ1) is 17.8. The van der Waals surface area contributed by atoms with E-state index in [1.165, 1.54) is 12.1 Å². The number of para-hydroxylation sites is 1. The summed E-state index contributed by atoms with van der Waals surface area (Å²) in [6.07, 6.45) is 1.69. The Bertz CT molecular complexity index is 1140. The molecule has 206 valence electrons. The molecule has 1 aliphatic carbocycles. The van der Waals surface area contributed by atoms with Crippen LogP contribution in [0.4, 0.5) is 10.5 Å². The molecule has 3 rings (SSSR count). The number of benzene rings is 2. The molecule has 3 amide bonds. The predicted octanol–water partition coefficient (Wildman–Crippen LogP) is 5.96. The molecule has 0 aliphatic heterocycles. The van der Waals surface area contributed by atoms with E-state index in [0.29, 0.717) is 16.3 Å². The smallest absolute Gasteiger partial charge is 0.408 e. The predicted molar refractivity (Wildman–Crippen MR) is 148 cm³/mol. The Hall–Kier alpha value is -3.26. The van der Waals surface area contributed by atoms with Crippen LogP contribution in [0, 0.1) is 12.8 Å². The van der Waals surface area contributed by atoms with Crippen molar-refractivity contribution in [3.8, 4) is 5.75 Å². The van der Waals surface area contributed by atoms with Crippen molar-refractivity contribution in [2.75, 3.05) is 5.32 Å².